The van der Waals surface area contributed by atoms with Crippen molar-refractivity contribution in [2.75, 3.05) is 7.11 Å². The molecule has 0 spiro atoms. The predicted octanol–water partition coefficient (Wildman–Crippen LogP) is 3.00. The number of pyridine rings is 1. The Labute approximate surface area is 112 Å². The molecule has 0 aliphatic carbocycles. The molecular weight excluding hydrogens is 244 g/mol. The second kappa shape index (κ2) is 6.52. The number of methoxy groups -OCH3 is 1. The summed E-state index contributed by atoms with van der Waals surface area (Å²) in [6, 6.07) is 6.13. The quantitative estimate of drug-likeness (QED) is 0.869. The van der Waals surface area contributed by atoms with Gasteiger partial charge in [-0.2, -0.15) is 0 Å². The van der Waals surface area contributed by atoms with E-state index < -0.39 is 0 Å². The van der Waals surface area contributed by atoms with Crippen LogP contribution < -0.4 is 10.1 Å². The number of ether oxygens (including phenoxy) is 1. The number of aromatic nitrogens is 1. The summed E-state index contributed by atoms with van der Waals surface area (Å²) in [5.74, 6) is 0.658. The summed E-state index contributed by atoms with van der Waals surface area (Å²) >= 11 is 1.82. The Balaban J connectivity index is 1.84. The maximum absolute atomic E-state index is 5.03. The smallest absolute Gasteiger partial charge is 0.212 e. The van der Waals surface area contributed by atoms with E-state index in [1.54, 1.807) is 7.11 Å². The SMILES string of the molecule is CCc1ccsc1CNCc1ccc(OC)nc1. The Kier molecular flexibility index (Phi) is 4.73. The molecule has 2 aromatic heterocycles. The minimum Gasteiger partial charge on any atom is -0.481 e. The van der Waals surface area contributed by atoms with Gasteiger partial charge in [-0.3, -0.25) is 0 Å². The first-order valence-corrected chi connectivity index (χ1v) is 6.96. The number of hydrogen-bond acceptors (Lipinski definition) is 4. The van der Waals surface area contributed by atoms with E-state index in [1.165, 1.54) is 16.0 Å². The van der Waals surface area contributed by atoms with Gasteiger partial charge in [0.2, 0.25) is 5.88 Å². The Bertz CT molecular complexity index is 479. The fourth-order valence-corrected chi connectivity index (χ4v) is 2.74. The average molecular weight is 262 g/mol. The number of nitrogens with one attached hydrogen (secondary N) is 1. The lowest BCUT2D eigenvalue weighted by Gasteiger charge is -2.05. The molecule has 2 aromatic rings. The topological polar surface area (TPSA) is 34.1 Å². The van der Waals surface area contributed by atoms with E-state index in [-0.39, 0.29) is 0 Å². The van der Waals surface area contributed by atoms with Crippen molar-refractivity contribution in [2.24, 2.45) is 0 Å². The van der Waals surface area contributed by atoms with Gasteiger partial charge >= 0.3 is 0 Å². The second-order valence-electron chi connectivity index (χ2n) is 4.03. The van der Waals surface area contributed by atoms with Crippen LogP contribution in [0.1, 0.15) is 22.9 Å². The molecule has 0 aliphatic heterocycles. The number of hydrogen-bond donors (Lipinski definition) is 1. The number of nitrogens with zero attached hydrogens (tertiary/aromatic N) is 1. The van der Waals surface area contributed by atoms with E-state index in [4.69, 9.17) is 4.74 Å². The number of rotatable bonds is 6. The molecule has 0 unspecified atom stereocenters. The third kappa shape index (κ3) is 3.31. The van der Waals surface area contributed by atoms with Gasteiger partial charge in [0, 0.05) is 30.2 Å². The monoisotopic (exact) mass is 262 g/mol. The molecule has 0 amide bonds. The zero-order valence-corrected chi connectivity index (χ0v) is 11.6. The summed E-state index contributed by atoms with van der Waals surface area (Å²) in [7, 11) is 1.63. The van der Waals surface area contributed by atoms with Crippen molar-refractivity contribution in [2.45, 2.75) is 26.4 Å². The Morgan fingerprint density at radius 2 is 2.17 bits per heavy atom. The minimum absolute atomic E-state index is 0.658. The van der Waals surface area contributed by atoms with E-state index >= 15 is 0 Å². The van der Waals surface area contributed by atoms with Crippen LogP contribution in [0, 0.1) is 0 Å². The molecule has 0 radical (unpaired) electrons. The molecule has 4 heteroatoms. The second-order valence-corrected chi connectivity index (χ2v) is 5.04. The summed E-state index contributed by atoms with van der Waals surface area (Å²) in [5, 5.41) is 5.60. The van der Waals surface area contributed by atoms with Crippen LogP contribution >= 0.6 is 11.3 Å². The molecule has 0 aromatic carbocycles. The molecule has 2 heterocycles. The summed E-state index contributed by atoms with van der Waals surface area (Å²) in [4.78, 5) is 5.62. The standard InChI is InChI=1S/C14H18N2OS/c1-3-12-6-7-18-13(12)10-15-8-11-4-5-14(17-2)16-9-11/h4-7,9,15H,3,8,10H2,1-2H3. The molecule has 3 nitrogen and oxygen atoms in total. The van der Waals surface area contributed by atoms with Crippen LogP contribution in [0.5, 0.6) is 5.88 Å². The zero-order valence-electron chi connectivity index (χ0n) is 10.8. The highest BCUT2D eigenvalue weighted by molar-refractivity contribution is 7.10. The van der Waals surface area contributed by atoms with Crippen LogP contribution in [0.15, 0.2) is 29.8 Å². The van der Waals surface area contributed by atoms with E-state index in [0.29, 0.717) is 5.88 Å². The predicted molar refractivity (Wildman–Crippen MR) is 75.0 cm³/mol. The van der Waals surface area contributed by atoms with E-state index in [2.05, 4.69) is 28.7 Å². The van der Waals surface area contributed by atoms with Crippen LogP contribution in [-0.4, -0.2) is 12.1 Å². The first-order chi connectivity index (χ1) is 8.83. The largest absolute Gasteiger partial charge is 0.481 e. The van der Waals surface area contributed by atoms with Gasteiger partial charge < -0.3 is 10.1 Å². The molecule has 1 N–H and O–H groups in total. The molecular formula is C14H18N2OS. The fourth-order valence-electron chi connectivity index (χ4n) is 1.79. The van der Waals surface area contributed by atoms with Gasteiger partial charge in [0.1, 0.15) is 0 Å². The summed E-state index contributed by atoms with van der Waals surface area (Å²) < 4.78 is 5.03. The molecule has 0 fully saturated rings. The van der Waals surface area contributed by atoms with Gasteiger partial charge in [0.25, 0.3) is 0 Å². The van der Waals surface area contributed by atoms with Gasteiger partial charge in [-0.15, -0.1) is 11.3 Å². The average Bonchev–Trinajstić information content (AvgIpc) is 2.87. The number of thiophene rings is 1. The zero-order chi connectivity index (χ0) is 12.8. The highest BCUT2D eigenvalue weighted by Gasteiger charge is 2.02. The van der Waals surface area contributed by atoms with Crippen molar-refractivity contribution in [1.82, 2.24) is 10.3 Å². The van der Waals surface area contributed by atoms with Gasteiger partial charge in [0.15, 0.2) is 0 Å². The third-order valence-corrected chi connectivity index (χ3v) is 3.80. The lowest BCUT2D eigenvalue weighted by molar-refractivity contribution is 0.397. The van der Waals surface area contributed by atoms with Crippen LogP contribution in [0.4, 0.5) is 0 Å². The Morgan fingerprint density at radius 3 is 2.83 bits per heavy atom. The van der Waals surface area contributed by atoms with Crippen molar-refractivity contribution >= 4 is 11.3 Å². The van der Waals surface area contributed by atoms with Crippen molar-refractivity contribution in [3.8, 4) is 5.88 Å². The molecule has 0 saturated carbocycles. The lowest BCUT2D eigenvalue weighted by Crippen LogP contribution is -2.12. The third-order valence-electron chi connectivity index (χ3n) is 2.84. The molecule has 0 saturated heterocycles. The van der Waals surface area contributed by atoms with E-state index in [1.807, 2.05) is 29.7 Å². The van der Waals surface area contributed by atoms with Gasteiger partial charge in [0.05, 0.1) is 7.11 Å². The summed E-state index contributed by atoms with van der Waals surface area (Å²) in [6.07, 6.45) is 2.95. The van der Waals surface area contributed by atoms with Crippen molar-refractivity contribution in [3.63, 3.8) is 0 Å². The molecule has 0 aliphatic rings. The van der Waals surface area contributed by atoms with Gasteiger partial charge in [-0.25, -0.2) is 4.98 Å². The maximum Gasteiger partial charge on any atom is 0.212 e. The van der Waals surface area contributed by atoms with E-state index in [0.717, 1.165) is 19.5 Å². The highest BCUT2D eigenvalue weighted by atomic mass is 32.1. The lowest BCUT2D eigenvalue weighted by atomic mass is 10.2. The first-order valence-electron chi connectivity index (χ1n) is 6.08. The van der Waals surface area contributed by atoms with Crippen LogP contribution in [0.2, 0.25) is 0 Å². The van der Waals surface area contributed by atoms with Crippen molar-refractivity contribution in [3.05, 3.63) is 45.8 Å². The normalized spacial score (nSPS) is 10.6. The van der Waals surface area contributed by atoms with E-state index in [9.17, 15) is 0 Å². The minimum atomic E-state index is 0.658. The van der Waals surface area contributed by atoms with Gasteiger partial charge in [-0.1, -0.05) is 13.0 Å². The fraction of sp³-hybridized carbons (Fsp3) is 0.357. The van der Waals surface area contributed by atoms with Gasteiger partial charge in [-0.05, 0) is 29.0 Å². The van der Waals surface area contributed by atoms with Crippen LogP contribution in [0.25, 0.3) is 0 Å². The number of aryl methyl sites for hydroxylation is 1. The molecule has 96 valence electrons. The molecule has 2 rings (SSSR count). The van der Waals surface area contributed by atoms with Crippen molar-refractivity contribution < 1.29 is 4.74 Å². The summed E-state index contributed by atoms with van der Waals surface area (Å²) in [5.41, 5.74) is 2.62. The molecule has 18 heavy (non-hydrogen) atoms. The molecule has 0 atom stereocenters. The van der Waals surface area contributed by atoms with Crippen LogP contribution in [-0.2, 0) is 19.5 Å². The summed E-state index contributed by atoms with van der Waals surface area (Å²) in [6.45, 7) is 3.95. The molecule has 0 bridgehead atoms. The Hall–Kier alpha value is -1.39. The van der Waals surface area contributed by atoms with Crippen LogP contribution in [0.3, 0.4) is 0 Å². The highest BCUT2D eigenvalue weighted by Crippen LogP contribution is 2.17. The Morgan fingerprint density at radius 1 is 1.28 bits per heavy atom. The maximum atomic E-state index is 5.03. The first kappa shape index (κ1) is 13.1. The van der Waals surface area contributed by atoms with Crippen molar-refractivity contribution in [1.29, 1.82) is 0 Å².